The number of hydrogen-bond donors (Lipinski definition) is 2. The van der Waals surface area contributed by atoms with Crippen LogP contribution in [0.15, 0.2) is 24.3 Å². The van der Waals surface area contributed by atoms with Gasteiger partial charge in [0.2, 0.25) is 16.9 Å². The largest absolute Gasteiger partial charge is 0.467 e. The first kappa shape index (κ1) is 29.7. The van der Waals surface area contributed by atoms with Gasteiger partial charge in [0.25, 0.3) is 0 Å². The van der Waals surface area contributed by atoms with Gasteiger partial charge >= 0.3 is 5.97 Å². The van der Waals surface area contributed by atoms with Crippen molar-refractivity contribution in [2.75, 3.05) is 18.6 Å². The molecular weight excluding hydrogens is 476 g/mol. The maximum absolute atomic E-state index is 12.8. The van der Waals surface area contributed by atoms with Crippen LogP contribution >= 0.6 is 23.5 Å². The second-order valence-corrected chi connectivity index (χ2v) is 10.4. The number of methoxy groups -OCH3 is 1. The lowest BCUT2D eigenvalue weighted by Crippen LogP contribution is -2.44. The summed E-state index contributed by atoms with van der Waals surface area (Å²) >= 11 is 1.77. The SMILES string of the molecule is COC(=O)C(CSC(=O)C(CSC(=O)[C@H](C)c1ccc(CC(C)C)cc1)NC(C)=O)NC(C)=O. The molecule has 0 saturated carbocycles. The second kappa shape index (κ2) is 14.8. The normalized spacial score (nSPS) is 13.5. The third kappa shape index (κ3) is 10.7. The van der Waals surface area contributed by atoms with Gasteiger partial charge in [-0.1, -0.05) is 68.6 Å². The zero-order valence-corrected chi connectivity index (χ0v) is 22.1. The third-order valence-electron chi connectivity index (χ3n) is 4.79. The van der Waals surface area contributed by atoms with E-state index in [1.165, 1.54) is 26.5 Å². The molecule has 1 aromatic rings. The molecule has 34 heavy (non-hydrogen) atoms. The van der Waals surface area contributed by atoms with Crippen molar-refractivity contribution in [3.05, 3.63) is 35.4 Å². The Labute approximate surface area is 209 Å². The first-order valence-corrected chi connectivity index (χ1v) is 13.0. The fourth-order valence-corrected chi connectivity index (χ4v) is 5.03. The van der Waals surface area contributed by atoms with Crippen LogP contribution in [0, 0.1) is 5.92 Å². The monoisotopic (exact) mass is 510 g/mol. The number of esters is 1. The van der Waals surface area contributed by atoms with Gasteiger partial charge in [0, 0.05) is 25.4 Å². The summed E-state index contributed by atoms with van der Waals surface area (Å²) in [5, 5.41) is 4.46. The van der Waals surface area contributed by atoms with Crippen molar-refractivity contribution in [1.82, 2.24) is 10.6 Å². The molecular formula is C24H34N2O6S2. The van der Waals surface area contributed by atoms with Crippen LogP contribution in [-0.4, -0.2) is 58.7 Å². The van der Waals surface area contributed by atoms with E-state index in [0.717, 1.165) is 35.5 Å². The first-order chi connectivity index (χ1) is 15.9. The minimum atomic E-state index is -0.998. The highest BCUT2D eigenvalue weighted by molar-refractivity contribution is 8.15. The van der Waals surface area contributed by atoms with Crippen molar-refractivity contribution in [3.8, 4) is 0 Å². The molecule has 0 bridgehead atoms. The molecule has 2 unspecified atom stereocenters. The van der Waals surface area contributed by atoms with Crippen LogP contribution < -0.4 is 10.6 Å². The van der Waals surface area contributed by atoms with Crippen LogP contribution in [0.5, 0.6) is 0 Å². The predicted molar refractivity (Wildman–Crippen MR) is 136 cm³/mol. The Morgan fingerprint density at radius 2 is 1.32 bits per heavy atom. The molecule has 0 fully saturated rings. The molecule has 0 aromatic heterocycles. The molecule has 0 saturated heterocycles. The molecule has 2 amide bonds. The summed E-state index contributed by atoms with van der Waals surface area (Å²) in [5.41, 5.74) is 2.10. The quantitative estimate of drug-likeness (QED) is 0.412. The van der Waals surface area contributed by atoms with Crippen molar-refractivity contribution in [1.29, 1.82) is 0 Å². The second-order valence-electron chi connectivity index (χ2n) is 8.35. The zero-order valence-electron chi connectivity index (χ0n) is 20.5. The smallest absolute Gasteiger partial charge is 0.329 e. The van der Waals surface area contributed by atoms with E-state index >= 15 is 0 Å². The number of thioether (sulfide) groups is 2. The van der Waals surface area contributed by atoms with E-state index in [-0.39, 0.29) is 22.5 Å². The average Bonchev–Trinajstić information content (AvgIpc) is 2.77. The van der Waals surface area contributed by atoms with Gasteiger partial charge in [0.15, 0.2) is 5.12 Å². The summed E-state index contributed by atoms with van der Waals surface area (Å²) in [6.45, 7) is 8.65. The molecule has 8 nitrogen and oxygen atoms in total. The number of carbonyl (C=O) groups is 5. The topological polar surface area (TPSA) is 119 Å². The van der Waals surface area contributed by atoms with Crippen LogP contribution in [0.4, 0.5) is 0 Å². The Balaban J connectivity index is 2.75. The third-order valence-corrected chi connectivity index (χ3v) is 6.99. The summed E-state index contributed by atoms with van der Waals surface area (Å²) in [4.78, 5) is 60.2. The molecule has 1 rings (SSSR count). The minimum absolute atomic E-state index is 0.0566. The number of carbonyl (C=O) groups excluding carboxylic acids is 5. The number of nitrogens with one attached hydrogen (secondary N) is 2. The lowest BCUT2D eigenvalue weighted by atomic mass is 9.97. The Morgan fingerprint density at radius 1 is 0.824 bits per heavy atom. The van der Waals surface area contributed by atoms with Crippen molar-refractivity contribution < 1.29 is 28.7 Å². The molecule has 10 heteroatoms. The summed E-state index contributed by atoms with van der Waals surface area (Å²) in [6, 6.07) is 6.02. The Hall–Kier alpha value is -2.33. The number of rotatable bonds is 12. The number of ether oxygens (including phenoxy) is 1. The van der Waals surface area contributed by atoms with E-state index in [4.69, 9.17) is 0 Å². The van der Waals surface area contributed by atoms with Crippen LogP contribution in [0.2, 0.25) is 0 Å². The predicted octanol–water partition coefficient (Wildman–Crippen LogP) is 2.69. The van der Waals surface area contributed by atoms with Gasteiger partial charge < -0.3 is 15.4 Å². The summed E-state index contributed by atoms with van der Waals surface area (Å²) in [5.74, 6) is -1.35. The molecule has 0 heterocycles. The Morgan fingerprint density at radius 3 is 1.82 bits per heavy atom. The molecule has 188 valence electrons. The van der Waals surface area contributed by atoms with Gasteiger partial charge in [-0.15, -0.1) is 0 Å². The van der Waals surface area contributed by atoms with Gasteiger partial charge in [-0.25, -0.2) is 4.79 Å². The Kier molecular flexibility index (Phi) is 13.0. The molecule has 1 aromatic carbocycles. The lowest BCUT2D eigenvalue weighted by molar-refractivity contribution is -0.144. The van der Waals surface area contributed by atoms with Crippen LogP contribution in [-0.2, 0) is 35.1 Å². The van der Waals surface area contributed by atoms with Gasteiger partial charge in [-0.2, -0.15) is 0 Å². The van der Waals surface area contributed by atoms with Crippen LogP contribution in [0.1, 0.15) is 51.7 Å². The minimum Gasteiger partial charge on any atom is -0.467 e. The highest BCUT2D eigenvalue weighted by Crippen LogP contribution is 2.24. The molecule has 0 aliphatic heterocycles. The van der Waals surface area contributed by atoms with E-state index in [1.807, 2.05) is 31.2 Å². The zero-order chi connectivity index (χ0) is 25.8. The molecule has 0 spiro atoms. The van der Waals surface area contributed by atoms with Gasteiger partial charge in [-0.3, -0.25) is 19.2 Å². The van der Waals surface area contributed by atoms with E-state index in [1.54, 1.807) is 0 Å². The van der Waals surface area contributed by atoms with E-state index in [9.17, 15) is 24.0 Å². The van der Waals surface area contributed by atoms with E-state index in [2.05, 4.69) is 29.2 Å². The first-order valence-electron chi connectivity index (χ1n) is 11.0. The highest BCUT2D eigenvalue weighted by atomic mass is 32.2. The average molecular weight is 511 g/mol. The number of amides is 2. The molecule has 0 aliphatic rings. The van der Waals surface area contributed by atoms with Crippen molar-refractivity contribution >= 4 is 51.5 Å². The van der Waals surface area contributed by atoms with Crippen LogP contribution in [0.25, 0.3) is 0 Å². The molecule has 3 atom stereocenters. The number of hydrogen-bond acceptors (Lipinski definition) is 8. The summed E-state index contributed by atoms with van der Waals surface area (Å²) in [6.07, 6.45) is 0.967. The van der Waals surface area contributed by atoms with Crippen molar-refractivity contribution in [2.45, 2.75) is 59.0 Å². The van der Waals surface area contributed by atoms with Crippen molar-refractivity contribution in [2.24, 2.45) is 5.92 Å². The maximum Gasteiger partial charge on any atom is 0.329 e. The molecule has 0 aliphatic carbocycles. The van der Waals surface area contributed by atoms with Gasteiger partial charge in [-0.05, 0) is 23.5 Å². The molecule has 2 N–H and O–H groups in total. The lowest BCUT2D eigenvalue weighted by Gasteiger charge is -2.19. The standard InChI is InChI=1S/C24H34N2O6S2/c1-14(2)11-18-7-9-19(10-8-18)15(3)23(30)33-13-21(26-17(5)28)24(31)34-12-20(22(29)32-6)25-16(4)27/h7-10,14-15,20-21H,11-13H2,1-6H3,(H,25,27)(H,26,28)/t15-,20?,21?/m1/s1. The van der Waals surface area contributed by atoms with E-state index < -0.39 is 35.0 Å². The van der Waals surface area contributed by atoms with E-state index in [0.29, 0.717) is 5.92 Å². The highest BCUT2D eigenvalue weighted by Gasteiger charge is 2.27. The maximum atomic E-state index is 12.8. The van der Waals surface area contributed by atoms with Crippen LogP contribution in [0.3, 0.4) is 0 Å². The Bertz CT molecular complexity index is 873. The summed E-state index contributed by atoms with van der Waals surface area (Å²) < 4.78 is 4.65. The number of benzene rings is 1. The van der Waals surface area contributed by atoms with Gasteiger partial charge in [0.1, 0.15) is 12.1 Å². The molecule has 0 radical (unpaired) electrons. The van der Waals surface area contributed by atoms with Crippen molar-refractivity contribution in [3.63, 3.8) is 0 Å². The fraction of sp³-hybridized carbons (Fsp3) is 0.542. The summed E-state index contributed by atoms with van der Waals surface area (Å²) in [7, 11) is 1.19. The fourth-order valence-electron chi connectivity index (χ4n) is 3.08. The van der Waals surface area contributed by atoms with Gasteiger partial charge in [0.05, 0.1) is 13.0 Å².